The molecule has 1 aliphatic rings. The molecule has 100 valence electrons. The van der Waals surface area contributed by atoms with Crippen LogP contribution in [0.25, 0.3) is 0 Å². The average Bonchev–Trinajstić information content (AvgIpc) is 2.57. The van der Waals surface area contributed by atoms with E-state index >= 15 is 0 Å². The van der Waals surface area contributed by atoms with Crippen molar-refractivity contribution in [1.29, 1.82) is 0 Å². The molecule has 0 atom stereocenters. The minimum Gasteiger partial charge on any atom is -0.340 e. The van der Waals surface area contributed by atoms with Gasteiger partial charge in [0.15, 0.2) is 0 Å². The maximum Gasteiger partial charge on any atom is 0.236 e. The summed E-state index contributed by atoms with van der Waals surface area (Å²) in [5.74, 6) is 0.262. The van der Waals surface area contributed by atoms with Crippen molar-refractivity contribution in [2.45, 2.75) is 39.2 Å². The van der Waals surface area contributed by atoms with Crippen molar-refractivity contribution in [3.05, 3.63) is 0 Å². The van der Waals surface area contributed by atoms with Gasteiger partial charge in [0.2, 0.25) is 5.91 Å². The summed E-state index contributed by atoms with van der Waals surface area (Å²) < 4.78 is 0. The first-order valence-corrected chi connectivity index (χ1v) is 6.67. The maximum absolute atomic E-state index is 12.2. The van der Waals surface area contributed by atoms with Crippen LogP contribution in [-0.2, 0) is 4.79 Å². The van der Waals surface area contributed by atoms with E-state index in [1.807, 2.05) is 11.9 Å². The largest absolute Gasteiger partial charge is 0.340 e. The Morgan fingerprint density at radius 3 is 2.71 bits per heavy atom. The minimum absolute atomic E-state index is 0.0970. The van der Waals surface area contributed by atoms with Crippen LogP contribution in [0.15, 0.2) is 0 Å². The molecule has 4 nitrogen and oxygen atoms in total. The minimum atomic E-state index is 0.0970. The highest BCUT2D eigenvalue weighted by Gasteiger charge is 2.25. The molecular formula is C13H27N3O. The van der Waals surface area contributed by atoms with E-state index in [0.717, 1.165) is 39.0 Å². The molecule has 4 heteroatoms. The van der Waals surface area contributed by atoms with Gasteiger partial charge in [-0.1, -0.05) is 6.92 Å². The van der Waals surface area contributed by atoms with E-state index in [1.54, 1.807) is 0 Å². The molecule has 0 saturated carbocycles. The monoisotopic (exact) mass is 241 g/mol. The van der Waals surface area contributed by atoms with Crippen molar-refractivity contribution in [2.75, 3.05) is 39.8 Å². The van der Waals surface area contributed by atoms with Gasteiger partial charge in [-0.15, -0.1) is 0 Å². The van der Waals surface area contributed by atoms with Crippen molar-refractivity contribution < 1.29 is 4.79 Å². The molecule has 1 aliphatic heterocycles. The lowest BCUT2D eigenvalue weighted by Crippen LogP contribution is -2.47. The van der Waals surface area contributed by atoms with E-state index in [9.17, 15) is 4.79 Å². The van der Waals surface area contributed by atoms with E-state index in [2.05, 4.69) is 31.0 Å². The molecule has 1 saturated heterocycles. The normalized spacial score (nSPS) is 18.3. The second kappa shape index (κ2) is 6.36. The molecule has 1 heterocycles. The Hall–Kier alpha value is -0.610. The molecule has 0 bridgehead atoms. The summed E-state index contributed by atoms with van der Waals surface area (Å²) in [6, 6.07) is 0. The molecule has 0 unspecified atom stereocenters. The lowest BCUT2D eigenvalue weighted by Gasteiger charge is -2.35. The van der Waals surface area contributed by atoms with Gasteiger partial charge in [-0.2, -0.15) is 0 Å². The summed E-state index contributed by atoms with van der Waals surface area (Å²) in [6.07, 6.45) is 2.12. The Balaban J connectivity index is 2.47. The van der Waals surface area contributed by atoms with Crippen LogP contribution < -0.4 is 5.32 Å². The Morgan fingerprint density at radius 2 is 2.06 bits per heavy atom. The van der Waals surface area contributed by atoms with Gasteiger partial charge in [-0.05, 0) is 40.3 Å². The molecule has 0 radical (unpaired) electrons. The Labute approximate surface area is 105 Å². The first-order chi connectivity index (χ1) is 7.97. The second-order valence-corrected chi connectivity index (χ2v) is 5.51. The third-order valence-electron chi connectivity index (χ3n) is 3.96. The SMILES string of the molecule is CCC(C)(C)N(C)CC(=O)N1CCCNCC1. The van der Waals surface area contributed by atoms with Crippen LogP contribution >= 0.6 is 0 Å². The molecule has 1 N–H and O–H groups in total. The van der Waals surface area contributed by atoms with Gasteiger partial charge in [0.1, 0.15) is 0 Å². The number of carbonyl (C=O) groups is 1. The fraction of sp³-hybridized carbons (Fsp3) is 0.923. The van der Waals surface area contributed by atoms with Gasteiger partial charge in [0.05, 0.1) is 6.54 Å². The molecular weight excluding hydrogens is 214 g/mol. The predicted molar refractivity (Wildman–Crippen MR) is 71.1 cm³/mol. The van der Waals surface area contributed by atoms with E-state index < -0.39 is 0 Å². The third-order valence-corrected chi connectivity index (χ3v) is 3.96. The van der Waals surface area contributed by atoms with Crippen LogP contribution in [0.1, 0.15) is 33.6 Å². The van der Waals surface area contributed by atoms with Crippen molar-refractivity contribution in [3.8, 4) is 0 Å². The third kappa shape index (κ3) is 4.28. The quantitative estimate of drug-likeness (QED) is 0.795. The molecule has 0 aromatic rings. The lowest BCUT2D eigenvalue weighted by atomic mass is 10.00. The average molecular weight is 241 g/mol. The van der Waals surface area contributed by atoms with Gasteiger partial charge in [0, 0.05) is 25.2 Å². The molecule has 17 heavy (non-hydrogen) atoms. The summed E-state index contributed by atoms with van der Waals surface area (Å²) in [6.45, 7) is 10.8. The molecule has 0 aromatic carbocycles. The number of hydrogen-bond donors (Lipinski definition) is 1. The lowest BCUT2D eigenvalue weighted by molar-refractivity contribution is -0.133. The number of likely N-dealkylation sites (N-methyl/N-ethyl adjacent to an activating group) is 1. The number of carbonyl (C=O) groups excluding carboxylic acids is 1. The van der Waals surface area contributed by atoms with Gasteiger partial charge < -0.3 is 10.2 Å². The van der Waals surface area contributed by atoms with Gasteiger partial charge in [-0.25, -0.2) is 0 Å². The summed E-state index contributed by atoms with van der Waals surface area (Å²) in [7, 11) is 2.04. The highest BCUT2D eigenvalue weighted by atomic mass is 16.2. The smallest absolute Gasteiger partial charge is 0.236 e. The fourth-order valence-corrected chi connectivity index (χ4v) is 1.88. The summed E-state index contributed by atoms with van der Waals surface area (Å²) in [4.78, 5) is 16.3. The van der Waals surface area contributed by atoms with E-state index in [0.29, 0.717) is 6.54 Å². The summed E-state index contributed by atoms with van der Waals surface area (Å²) >= 11 is 0. The molecule has 0 spiro atoms. The van der Waals surface area contributed by atoms with Gasteiger partial charge in [0.25, 0.3) is 0 Å². The van der Waals surface area contributed by atoms with Crippen LogP contribution in [0.5, 0.6) is 0 Å². The molecule has 0 aliphatic carbocycles. The van der Waals surface area contributed by atoms with Crippen molar-refractivity contribution in [2.24, 2.45) is 0 Å². The van der Waals surface area contributed by atoms with Crippen LogP contribution in [0.3, 0.4) is 0 Å². The summed E-state index contributed by atoms with van der Waals surface area (Å²) in [5, 5.41) is 3.32. The molecule has 0 aromatic heterocycles. The second-order valence-electron chi connectivity index (χ2n) is 5.51. The highest BCUT2D eigenvalue weighted by Crippen LogP contribution is 2.16. The maximum atomic E-state index is 12.2. The zero-order valence-corrected chi connectivity index (χ0v) is 11.8. The molecule has 1 fully saturated rings. The van der Waals surface area contributed by atoms with Crippen molar-refractivity contribution in [3.63, 3.8) is 0 Å². The number of nitrogens with one attached hydrogen (secondary N) is 1. The van der Waals surface area contributed by atoms with Crippen LogP contribution in [-0.4, -0.2) is 61.0 Å². The zero-order valence-electron chi connectivity index (χ0n) is 11.8. The predicted octanol–water partition coefficient (Wildman–Crippen LogP) is 0.929. The number of amides is 1. The van der Waals surface area contributed by atoms with Crippen molar-refractivity contribution >= 4 is 5.91 Å². The van der Waals surface area contributed by atoms with Crippen LogP contribution in [0.4, 0.5) is 0 Å². The summed E-state index contributed by atoms with van der Waals surface area (Å²) in [5.41, 5.74) is 0.0970. The zero-order chi connectivity index (χ0) is 12.9. The van der Waals surface area contributed by atoms with Crippen LogP contribution in [0, 0.1) is 0 Å². The first-order valence-electron chi connectivity index (χ1n) is 6.67. The molecule has 1 rings (SSSR count). The molecule has 1 amide bonds. The van der Waals surface area contributed by atoms with Gasteiger partial charge in [-0.3, -0.25) is 9.69 Å². The highest BCUT2D eigenvalue weighted by molar-refractivity contribution is 5.78. The standard InChI is InChI=1S/C13H27N3O/c1-5-13(2,3)15(4)11-12(17)16-9-6-7-14-8-10-16/h14H,5-11H2,1-4H3. The van der Waals surface area contributed by atoms with Crippen LogP contribution in [0.2, 0.25) is 0 Å². The Morgan fingerprint density at radius 1 is 1.35 bits per heavy atom. The Kier molecular flexibility index (Phi) is 5.40. The van der Waals surface area contributed by atoms with E-state index in [1.165, 1.54) is 0 Å². The number of hydrogen-bond acceptors (Lipinski definition) is 3. The Bertz CT molecular complexity index is 245. The topological polar surface area (TPSA) is 35.6 Å². The van der Waals surface area contributed by atoms with Gasteiger partial charge >= 0.3 is 0 Å². The van der Waals surface area contributed by atoms with E-state index in [-0.39, 0.29) is 11.4 Å². The van der Waals surface area contributed by atoms with Crippen molar-refractivity contribution in [1.82, 2.24) is 15.1 Å². The number of rotatable bonds is 4. The number of nitrogens with zero attached hydrogens (tertiary/aromatic N) is 2. The fourth-order valence-electron chi connectivity index (χ4n) is 1.88. The van der Waals surface area contributed by atoms with E-state index in [4.69, 9.17) is 0 Å². The first kappa shape index (κ1) is 14.5.